The molecule has 0 aliphatic rings. The molecule has 0 aliphatic heterocycles. The van der Waals surface area contributed by atoms with Gasteiger partial charge in [-0.2, -0.15) is 4.98 Å². The predicted octanol–water partition coefficient (Wildman–Crippen LogP) is 2.07. The van der Waals surface area contributed by atoms with Crippen LogP contribution in [0.4, 0.5) is 5.95 Å². The van der Waals surface area contributed by atoms with Gasteiger partial charge in [-0.25, -0.2) is 9.97 Å². The van der Waals surface area contributed by atoms with Crippen molar-refractivity contribution < 1.29 is 9.90 Å². The molecule has 0 saturated carbocycles. The van der Waals surface area contributed by atoms with E-state index in [0.29, 0.717) is 16.3 Å². The second kappa shape index (κ2) is 7.71. The molecule has 3 N–H and O–H groups in total. The highest BCUT2D eigenvalue weighted by molar-refractivity contribution is 7.18. The Morgan fingerprint density at radius 1 is 1.31 bits per heavy atom. The molecule has 8 nitrogen and oxygen atoms in total. The van der Waals surface area contributed by atoms with Crippen LogP contribution in [0.15, 0.2) is 24.5 Å². The molecule has 0 spiro atoms. The number of aryl methyl sites for hydroxylation is 1. The van der Waals surface area contributed by atoms with Crippen molar-refractivity contribution >= 4 is 33.5 Å². The lowest BCUT2D eigenvalue weighted by Crippen LogP contribution is -2.31. The normalized spacial score (nSPS) is 13.4. The number of carbonyl (C=O) groups is 1. The van der Waals surface area contributed by atoms with Gasteiger partial charge in [-0.1, -0.05) is 6.07 Å². The third-order valence-electron chi connectivity index (χ3n) is 3.66. The Morgan fingerprint density at radius 3 is 2.81 bits per heavy atom. The SMILES string of the molecule is Cc1nc2nc(NC(C)c3cccnc3)nc(C(=O)NCC(C)O)c2s1. The summed E-state index contributed by atoms with van der Waals surface area (Å²) >= 11 is 1.37. The molecule has 0 aliphatic carbocycles. The number of nitrogens with zero attached hydrogens (tertiary/aromatic N) is 4. The lowest BCUT2D eigenvalue weighted by molar-refractivity contribution is 0.0921. The molecule has 3 rings (SSSR count). The molecule has 1 amide bonds. The minimum absolute atomic E-state index is 0.0887. The zero-order valence-electron chi connectivity index (χ0n) is 14.7. The van der Waals surface area contributed by atoms with Crippen LogP contribution in [0, 0.1) is 6.92 Å². The van der Waals surface area contributed by atoms with E-state index >= 15 is 0 Å². The number of pyridine rings is 1. The summed E-state index contributed by atoms with van der Waals surface area (Å²) in [4.78, 5) is 29.8. The fraction of sp³-hybridized carbons (Fsp3) is 0.353. The Labute approximate surface area is 154 Å². The molecular formula is C17H20N6O2S. The standard InChI is InChI=1S/C17H20N6O2S/c1-9(24)7-19-16(25)13-14-15(21-11(3)26-14)23-17(22-13)20-10(2)12-5-4-6-18-8-12/h4-6,8-10,24H,7H2,1-3H3,(H,19,25)(H,20,22,23). The molecule has 3 heterocycles. The molecule has 0 saturated heterocycles. The number of amides is 1. The number of anilines is 1. The average molecular weight is 372 g/mol. The smallest absolute Gasteiger partial charge is 0.271 e. The first-order valence-corrected chi connectivity index (χ1v) is 9.03. The van der Waals surface area contributed by atoms with E-state index < -0.39 is 6.10 Å². The molecule has 3 aromatic rings. The van der Waals surface area contributed by atoms with Gasteiger partial charge in [0.15, 0.2) is 11.3 Å². The Morgan fingerprint density at radius 2 is 2.12 bits per heavy atom. The molecule has 2 atom stereocenters. The van der Waals surface area contributed by atoms with Crippen molar-refractivity contribution in [3.63, 3.8) is 0 Å². The van der Waals surface area contributed by atoms with Gasteiger partial charge in [-0.05, 0) is 32.4 Å². The molecule has 9 heteroatoms. The van der Waals surface area contributed by atoms with E-state index in [9.17, 15) is 9.90 Å². The van der Waals surface area contributed by atoms with Crippen LogP contribution in [0.1, 0.15) is 40.9 Å². The Bertz CT molecular complexity index is 912. The molecular weight excluding hydrogens is 352 g/mol. The number of thiazole rings is 1. The summed E-state index contributed by atoms with van der Waals surface area (Å²) in [6, 6.07) is 3.72. The van der Waals surface area contributed by atoms with E-state index in [4.69, 9.17) is 0 Å². The summed E-state index contributed by atoms with van der Waals surface area (Å²) in [5.74, 6) is -0.0413. The van der Waals surface area contributed by atoms with Crippen LogP contribution in [0.25, 0.3) is 10.3 Å². The fourth-order valence-corrected chi connectivity index (χ4v) is 3.22. The monoisotopic (exact) mass is 372 g/mol. The number of carbonyl (C=O) groups excluding carboxylic acids is 1. The van der Waals surface area contributed by atoms with Crippen LogP contribution < -0.4 is 10.6 Å². The predicted molar refractivity (Wildman–Crippen MR) is 100 cm³/mol. The summed E-state index contributed by atoms with van der Waals surface area (Å²) in [5, 5.41) is 16.1. The molecule has 0 aromatic carbocycles. The van der Waals surface area contributed by atoms with Crippen molar-refractivity contribution in [1.29, 1.82) is 0 Å². The number of rotatable bonds is 6. The summed E-state index contributed by atoms with van der Waals surface area (Å²) in [6.45, 7) is 5.57. The highest BCUT2D eigenvalue weighted by Crippen LogP contribution is 2.25. The van der Waals surface area contributed by atoms with Gasteiger partial charge in [-0.3, -0.25) is 9.78 Å². The van der Waals surface area contributed by atoms with Crippen LogP contribution in [-0.4, -0.2) is 43.6 Å². The number of aliphatic hydroxyl groups is 1. The Balaban J connectivity index is 1.92. The van der Waals surface area contributed by atoms with Crippen molar-refractivity contribution in [3.8, 4) is 0 Å². The van der Waals surface area contributed by atoms with Crippen molar-refractivity contribution in [2.75, 3.05) is 11.9 Å². The Kier molecular flexibility index (Phi) is 5.38. The summed E-state index contributed by atoms with van der Waals surface area (Å²) in [7, 11) is 0. The number of nitrogens with one attached hydrogen (secondary N) is 2. The largest absolute Gasteiger partial charge is 0.392 e. The molecule has 3 aromatic heterocycles. The van der Waals surface area contributed by atoms with E-state index in [1.54, 1.807) is 19.3 Å². The van der Waals surface area contributed by atoms with Gasteiger partial charge in [0.1, 0.15) is 4.70 Å². The number of aliphatic hydroxyl groups excluding tert-OH is 1. The lowest BCUT2D eigenvalue weighted by Gasteiger charge is -2.14. The van der Waals surface area contributed by atoms with E-state index in [0.717, 1.165) is 10.6 Å². The first kappa shape index (κ1) is 18.2. The van der Waals surface area contributed by atoms with E-state index in [1.165, 1.54) is 11.3 Å². The van der Waals surface area contributed by atoms with Crippen molar-refractivity contribution in [2.24, 2.45) is 0 Å². The quantitative estimate of drug-likeness (QED) is 0.607. The lowest BCUT2D eigenvalue weighted by atomic mass is 10.1. The summed E-state index contributed by atoms with van der Waals surface area (Å²) in [5.41, 5.74) is 1.71. The zero-order valence-corrected chi connectivity index (χ0v) is 15.5. The third kappa shape index (κ3) is 4.12. The molecule has 2 unspecified atom stereocenters. The van der Waals surface area contributed by atoms with Crippen LogP contribution >= 0.6 is 11.3 Å². The van der Waals surface area contributed by atoms with Crippen LogP contribution in [0.3, 0.4) is 0 Å². The average Bonchev–Trinajstić information content (AvgIpc) is 2.99. The number of aromatic nitrogens is 4. The van der Waals surface area contributed by atoms with Crippen LogP contribution in [0.5, 0.6) is 0 Å². The Hall–Kier alpha value is -2.65. The van der Waals surface area contributed by atoms with Gasteiger partial charge < -0.3 is 15.7 Å². The maximum atomic E-state index is 12.5. The maximum Gasteiger partial charge on any atom is 0.271 e. The fourth-order valence-electron chi connectivity index (χ4n) is 2.38. The minimum atomic E-state index is -0.636. The first-order valence-electron chi connectivity index (χ1n) is 8.22. The van der Waals surface area contributed by atoms with Crippen molar-refractivity contribution in [1.82, 2.24) is 25.3 Å². The molecule has 0 radical (unpaired) electrons. The van der Waals surface area contributed by atoms with Crippen molar-refractivity contribution in [2.45, 2.75) is 32.9 Å². The molecule has 26 heavy (non-hydrogen) atoms. The van der Waals surface area contributed by atoms with E-state index in [1.807, 2.05) is 26.0 Å². The van der Waals surface area contributed by atoms with Gasteiger partial charge in [0.25, 0.3) is 5.91 Å². The number of fused-ring (bicyclic) bond motifs is 1. The number of hydrogen-bond acceptors (Lipinski definition) is 8. The van der Waals surface area contributed by atoms with E-state index in [2.05, 4.69) is 30.6 Å². The zero-order chi connectivity index (χ0) is 18.7. The molecule has 0 bridgehead atoms. The molecule has 0 fully saturated rings. The summed E-state index contributed by atoms with van der Waals surface area (Å²) in [6.07, 6.45) is 2.84. The van der Waals surface area contributed by atoms with E-state index in [-0.39, 0.29) is 24.2 Å². The van der Waals surface area contributed by atoms with Gasteiger partial charge in [0.2, 0.25) is 5.95 Å². The second-order valence-corrected chi connectivity index (χ2v) is 7.20. The van der Waals surface area contributed by atoms with Gasteiger partial charge in [0, 0.05) is 18.9 Å². The highest BCUT2D eigenvalue weighted by atomic mass is 32.1. The third-order valence-corrected chi connectivity index (χ3v) is 4.63. The number of hydrogen-bond donors (Lipinski definition) is 3. The van der Waals surface area contributed by atoms with Crippen LogP contribution in [0.2, 0.25) is 0 Å². The minimum Gasteiger partial charge on any atom is -0.392 e. The highest BCUT2D eigenvalue weighted by Gasteiger charge is 2.19. The molecule has 136 valence electrons. The first-order chi connectivity index (χ1) is 12.4. The van der Waals surface area contributed by atoms with Crippen LogP contribution in [-0.2, 0) is 0 Å². The second-order valence-electron chi connectivity index (χ2n) is 5.99. The van der Waals surface area contributed by atoms with Gasteiger partial charge >= 0.3 is 0 Å². The van der Waals surface area contributed by atoms with Gasteiger partial charge in [0.05, 0.1) is 17.2 Å². The summed E-state index contributed by atoms with van der Waals surface area (Å²) < 4.78 is 0.630. The topological polar surface area (TPSA) is 113 Å². The maximum absolute atomic E-state index is 12.5. The van der Waals surface area contributed by atoms with Crippen molar-refractivity contribution in [3.05, 3.63) is 40.8 Å². The van der Waals surface area contributed by atoms with Gasteiger partial charge in [-0.15, -0.1) is 11.3 Å².